The molecule has 0 bridgehead atoms. The molecule has 0 saturated carbocycles. The van der Waals surface area contributed by atoms with Gasteiger partial charge in [0.05, 0.1) is 11.9 Å². The van der Waals surface area contributed by atoms with Crippen LogP contribution in [-0.2, 0) is 0 Å². The van der Waals surface area contributed by atoms with Gasteiger partial charge in [-0.3, -0.25) is 9.97 Å². The molecule has 25 heavy (non-hydrogen) atoms. The highest BCUT2D eigenvalue weighted by molar-refractivity contribution is 6.49. The molecular formula is C20H20N3OSi. The minimum atomic E-state index is -0.892. The Hall–Kier alpha value is -2.79. The molecule has 0 aliphatic heterocycles. The third-order valence-electron chi connectivity index (χ3n) is 3.58. The Morgan fingerprint density at radius 1 is 1.00 bits per heavy atom. The van der Waals surface area contributed by atoms with Gasteiger partial charge in [-0.2, -0.15) is 0 Å². The van der Waals surface area contributed by atoms with E-state index in [0.29, 0.717) is 0 Å². The van der Waals surface area contributed by atoms with E-state index in [2.05, 4.69) is 23.1 Å². The molecule has 3 aromatic rings. The van der Waals surface area contributed by atoms with Crippen LogP contribution in [0.3, 0.4) is 0 Å². The van der Waals surface area contributed by atoms with Gasteiger partial charge in [0.25, 0.3) is 9.04 Å². The van der Waals surface area contributed by atoms with Crippen LogP contribution in [0.25, 0.3) is 0 Å². The van der Waals surface area contributed by atoms with Crippen molar-refractivity contribution in [3.05, 3.63) is 83.9 Å². The number of hydrogen-bond acceptors (Lipinski definition) is 4. The lowest BCUT2D eigenvalue weighted by Gasteiger charge is -2.15. The summed E-state index contributed by atoms with van der Waals surface area (Å²) >= 11 is 0. The number of rotatable bonds is 5. The predicted octanol–water partition coefficient (Wildman–Crippen LogP) is 4.58. The summed E-state index contributed by atoms with van der Waals surface area (Å²) in [6.45, 7) is 6.28. The quantitative estimate of drug-likeness (QED) is 0.502. The third kappa shape index (κ3) is 4.19. The van der Waals surface area contributed by atoms with E-state index in [1.807, 2.05) is 55.5 Å². The highest BCUT2D eigenvalue weighted by atomic mass is 28.3. The van der Waals surface area contributed by atoms with E-state index >= 15 is 0 Å². The summed E-state index contributed by atoms with van der Waals surface area (Å²) in [5.74, 6) is 0.846. The van der Waals surface area contributed by atoms with Crippen LogP contribution in [0.2, 0.25) is 13.1 Å². The van der Waals surface area contributed by atoms with Crippen LogP contribution in [0, 0.1) is 6.92 Å². The topological polar surface area (TPSA) is 47.4 Å². The Morgan fingerprint density at radius 3 is 2.48 bits per heavy atom. The Bertz CT molecular complexity index is 823. The summed E-state index contributed by atoms with van der Waals surface area (Å²) in [5.41, 5.74) is 4.41. The summed E-state index contributed by atoms with van der Waals surface area (Å²) in [7, 11) is -0.892. The van der Waals surface area contributed by atoms with E-state index in [1.165, 1.54) is 0 Å². The number of para-hydroxylation sites is 1. The number of nitrogens with zero attached hydrogens (tertiary/aromatic N) is 3. The van der Waals surface area contributed by atoms with Crippen molar-refractivity contribution in [3.8, 4) is 5.75 Å². The molecule has 4 nitrogen and oxygen atoms in total. The molecule has 0 spiro atoms. The van der Waals surface area contributed by atoms with Crippen LogP contribution in [0.5, 0.6) is 5.75 Å². The molecule has 5 heteroatoms. The molecule has 0 amide bonds. The standard InChI is InChI=1S/C20H20N3OSi/c1-15-8-7-11-17(20(15)24-25(2)3)23-19(16-9-5-4-6-10-16)18-14-21-12-13-22-18/h4-14H,1-3H3. The van der Waals surface area contributed by atoms with Crippen molar-refractivity contribution in [2.45, 2.75) is 20.0 Å². The summed E-state index contributed by atoms with van der Waals surface area (Å²) in [5, 5.41) is 0. The molecule has 1 radical (unpaired) electrons. The highest BCUT2D eigenvalue weighted by Gasteiger charge is 2.13. The van der Waals surface area contributed by atoms with Crippen molar-refractivity contribution < 1.29 is 4.43 Å². The molecule has 0 unspecified atom stereocenters. The number of aromatic nitrogens is 2. The SMILES string of the molecule is Cc1cccc(N=C(c2ccccc2)c2cnccn2)c1O[Si](C)C. The first-order valence-electron chi connectivity index (χ1n) is 8.13. The van der Waals surface area contributed by atoms with Crippen LogP contribution in [0.4, 0.5) is 5.69 Å². The van der Waals surface area contributed by atoms with Gasteiger partial charge in [0.1, 0.15) is 17.1 Å². The van der Waals surface area contributed by atoms with E-state index in [0.717, 1.165) is 34.0 Å². The summed E-state index contributed by atoms with van der Waals surface area (Å²) < 4.78 is 6.11. The van der Waals surface area contributed by atoms with E-state index in [9.17, 15) is 0 Å². The van der Waals surface area contributed by atoms with E-state index in [-0.39, 0.29) is 0 Å². The maximum Gasteiger partial charge on any atom is 0.274 e. The molecule has 3 rings (SSSR count). The van der Waals surface area contributed by atoms with Crippen LogP contribution >= 0.6 is 0 Å². The molecule has 2 aromatic carbocycles. The van der Waals surface area contributed by atoms with Crippen molar-refractivity contribution >= 4 is 20.4 Å². The Balaban J connectivity index is 2.16. The van der Waals surface area contributed by atoms with Gasteiger partial charge in [-0.1, -0.05) is 42.5 Å². The molecule has 1 heterocycles. The average Bonchev–Trinajstić information content (AvgIpc) is 2.63. The number of benzene rings is 2. The second kappa shape index (κ2) is 7.85. The second-order valence-corrected chi connectivity index (χ2v) is 7.87. The minimum absolute atomic E-state index is 0.736. The largest absolute Gasteiger partial charge is 0.541 e. The van der Waals surface area contributed by atoms with Crippen LogP contribution < -0.4 is 4.43 Å². The first-order valence-corrected chi connectivity index (χ1v) is 10.5. The molecule has 0 saturated heterocycles. The summed E-state index contributed by atoms with van der Waals surface area (Å²) in [4.78, 5) is 13.5. The minimum Gasteiger partial charge on any atom is -0.541 e. The van der Waals surface area contributed by atoms with Gasteiger partial charge in [-0.15, -0.1) is 0 Å². The second-order valence-electron chi connectivity index (χ2n) is 5.85. The predicted molar refractivity (Wildman–Crippen MR) is 103 cm³/mol. The highest BCUT2D eigenvalue weighted by Crippen LogP contribution is 2.32. The van der Waals surface area contributed by atoms with E-state index in [4.69, 9.17) is 9.42 Å². The fraction of sp³-hybridized carbons (Fsp3) is 0.150. The lowest BCUT2D eigenvalue weighted by molar-refractivity contribution is 0.577. The average molecular weight is 346 g/mol. The smallest absolute Gasteiger partial charge is 0.274 e. The molecule has 0 N–H and O–H groups in total. The van der Waals surface area contributed by atoms with Crippen molar-refractivity contribution in [2.24, 2.45) is 4.99 Å². The first-order chi connectivity index (χ1) is 12.1. The lowest BCUT2D eigenvalue weighted by atomic mass is 10.1. The molecule has 0 fully saturated rings. The van der Waals surface area contributed by atoms with Crippen molar-refractivity contribution in [1.82, 2.24) is 9.97 Å². The van der Waals surface area contributed by atoms with Gasteiger partial charge in [0.2, 0.25) is 0 Å². The monoisotopic (exact) mass is 346 g/mol. The maximum absolute atomic E-state index is 6.11. The Morgan fingerprint density at radius 2 is 1.80 bits per heavy atom. The molecule has 0 aliphatic carbocycles. The zero-order chi connectivity index (χ0) is 17.6. The molecule has 125 valence electrons. The fourth-order valence-corrected chi connectivity index (χ4v) is 3.14. The summed E-state index contributed by atoms with van der Waals surface area (Å²) in [6.07, 6.45) is 5.08. The molecular weight excluding hydrogens is 326 g/mol. The van der Waals surface area contributed by atoms with Crippen molar-refractivity contribution in [3.63, 3.8) is 0 Å². The first kappa shape index (κ1) is 17.0. The third-order valence-corrected chi connectivity index (χ3v) is 4.19. The van der Waals surface area contributed by atoms with Crippen LogP contribution in [-0.4, -0.2) is 24.7 Å². The molecule has 1 aromatic heterocycles. The number of hydrogen-bond donors (Lipinski definition) is 0. The number of aryl methyl sites for hydroxylation is 1. The van der Waals surface area contributed by atoms with Gasteiger partial charge in [-0.25, -0.2) is 4.99 Å². The lowest BCUT2D eigenvalue weighted by Crippen LogP contribution is -2.12. The van der Waals surface area contributed by atoms with E-state index < -0.39 is 9.04 Å². The summed E-state index contributed by atoms with van der Waals surface area (Å²) in [6, 6.07) is 16.1. The van der Waals surface area contributed by atoms with Gasteiger partial charge in [0, 0.05) is 18.0 Å². The zero-order valence-electron chi connectivity index (χ0n) is 14.6. The van der Waals surface area contributed by atoms with Crippen LogP contribution in [0.1, 0.15) is 16.8 Å². The fourth-order valence-electron chi connectivity index (χ4n) is 2.47. The van der Waals surface area contributed by atoms with Gasteiger partial charge in [0.15, 0.2) is 0 Å². The molecule has 0 aliphatic rings. The van der Waals surface area contributed by atoms with Gasteiger partial charge in [-0.05, 0) is 31.6 Å². The van der Waals surface area contributed by atoms with E-state index in [1.54, 1.807) is 18.6 Å². The maximum atomic E-state index is 6.11. The normalized spacial score (nSPS) is 11.6. The van der Waals surface area contributed by atoms with Gasteiger partial charge >= 0.3 is 0 Å². The van der Waals surface area contributed by atoms with Crippen LogP contribution in [0.15, 0.2) is 72.1 Å². The van der Waals surface area contributed by atoms with Gasteiger partial charge < -0.3 is 4.43 Å². The number of aliphatic imine (C=N–C) groups is 1. The zero-order valence-corrected chi connectivity index (χ0v) is 15.6. The van der Waals surface area contributed by atoms with Crippen molar-refractivity contribution in [1.29, 1.82) is 0 Å². The van der Waals surface area contributed by atoms with Crippen molar-refractivity contribution in [2.75, 3.05) is 0 Å². The Labute approximate surface area is 150 Å². The Kier molecular flexibility index (Phi) is 5.35. The molecule has 0 atom stereocenters.